The highest BCUT2D eigenvalue weighted by Crippen LogP contribution is 2.29. The Morgan fingerprint density at radius 3 is 2.16 bits per heavy atom. The summed E-state index contributed by atoms with van der Waals surface area (Å²) in [5, 5.41) is 0. The van der Waals surface area contributed by atoms with Crippen LogP contribution < -0.4 is 5.73 Å². The zero-order chi connectivity index (χ0) is 14.2. The Morgan fingerprint density at radius 2 is 1.63 bits per heavy atom. The summed E-state index contributed by atoms with van der Waals surface area (Å²) in [4.78, 5) is 0. The van der Waals surface area contributed by atoms with Crippen LogP contribution in [-0.2, 0) is 0 Å². The second kappa shape index (κ2) is 5.35. The first kappa shape index (κ1) is 14.1. The summed E-state index contributed by atoms with van der Waals surface area (Å²) >= 11 is 3.30. The molecule has 0 aliphatic heterocycles. The van der Waals surface area contributed by atoms with Gasteiger partial charge in [0.2, 0.25) is 0 Å². The third-order valence-corrected chi connectivity index (χ3v) is 3.41. The molecule has 2 N–H and O–H groups in total. The molecule has 0 saturated heterocycles. The number of aryl methyl sites for hydroxylation is 1. The summed E-state index contributed by atoms with van der Waals surface area (Å²) in [6.07, 6.45) is 0. The summed E-state index contributed by atoms with van der Waals surface area (Å²) in [5.74, 6) is -2.92. The zero-order valence-corrected chi connectivity index (χ0v) is 11.6. The molecule has 2 aromatic rings. The Morgan fingerprint density at radius 1 is 1.05 bits per heavy atom. The summed E-state index contributed by atoms with van der Waals surface area (Å²) < 4.78 is 41.1. The van der Waals surface area contributed by atoms with E-state index in [-0.39, 0.29) is 5.56 Å². The van der Waals surface area contributed by atoms with Crippen LogP contribution in [0.3, 0.4) is 0 Å². The third-order valence-electron chi connectivity index (χ3n) is 2.92. The lowest BCUT2D eigenvalue weighted by Gasteiger charge is -2.17. The monoisotopic (exact) mass is 329 g/mol. The first-order valence-electron chi connectivity index (χ1n) is 5.56. The van der Waals surface area contributed by atoms with Crippen LogP contribution in [0.1, 0.15) is 22.7 Å². The quantitative estimate of drug-likeness (QED) is 0.876. The molecule has 0 saturated carbocycles. The molecule has 19 heavy (non-hydrogen) atoms. The van der Waals surface area contributed by atoms with Gasteiger partial charge in [0.1, 0.15) is 17.5 Å². The average Bonchev–Trinajstić information content (AvgIpc) is 2.26. The molecule has 0 aliphatic rings. The van der Waals surface area contributed by atoms with Gasteiger partial charge in [0.05, 0.1) is 6.04 Å². The molecule has 0 bridgehead atoms. The fraction of sp³-hybridized carbons (Fsp3) is 0.143. The van der Waals surface area contributed by atoms with E-state index >= 15 is 0 Å². The Hall–Kier alpha value is -1.33. The number of benzene rings is 2. The van der Waals surface area contributed by atoms with Crippen LogP contribution in [0.4, 0.5) is 13.2 Å². The molecule has 0 aromatic heterocycles. The van der Waals surface area contributed by atoms with Gasteiger partial charge < -0.3 is 5.73 Å². The van der Waals surface area contributed by atoms with E-state index in [1.54, 1.807) is 25.1 Å². The topological polar surface area (TPSA) is 26.0 Å². The van der Waals surface area contributed by atoms with Gasteiger partial charge >= 0.3 is 0 Å². The van der Waals surface area contributed by atoms with Gasteiger partial charge in [-0.2, -0.15) is 0 Å². The minimum atomic E-state index is -0.979. The van der Waals surface area contributed by atoms with Gasteiger partial charge in [0.25, 0.3) is 0 Å². The average molecular weight is 330 g/mol. The van der Waals surface area contributed by atoms with Crippen molar-refractivity contribution in [3.05, 3.63) is 68.9 Å². The van der Waals surface area contributed by atoms with Crippen molar-refractivity contribution < 1.29 is 13.2 Å². The lowest BCUT2D eigenvalue weighted by molar-refractivity contribution is 0.515. The summed E-state index contributed by atoms with van der Waals surface area (Å²) in [6, 6.07) is 5.51. The fourth-order valence-corrected chi connectivity index (χ4v) is 2.47. The van der Waals surface area contributed by atoms with Crippen LogP contribution in [0.5, 0.6) is 0 Å². The zero-order valence-electron chi connectivity index (χ0n) is 10.1. The van der Waals surface area contributed by atoms with E-state index in [2.05, 4.69) is 15.9 Å². The van der Waals surface area contributed by atoms with Gasteiger partial charge in [-0.25, -0.2) is 13.2 Å². The predicted molar refractivity (Wildman–Crippen MR) is 71.2 cm³/mol. The Bertz CT molecular complexity index is 605. The van der Waals surface area contributed by atoms with Crippen LogP contribution in [-0.4, -0.2) is 0 Å². The van der Waals surface area contributed by atoms with E-state index in [9.17, 15) is 13.2 Å². The van der Waals surface area contributed by atoms with Crippen LogP contribution in [0, 0.1) is 24.4 Å². The molecule has 1 nitrogen and oxygen atoms in total. The molecule has 100 valence electrons. The van der Waals surface area contributed by atoms with Crippen molar-refractivity contribution in [3.63, 3.8) is 0 Å². The molecule has 1 atom stereocenters. The van der Waals surface area contributed by atoms with Crippen LogP contribution in [0.15, 0.2) is 34.8 Å². The number of hydrogen-bond donors (Lipinski definition) is 1. The van der Waals surface area contributed by atoms with Crippen molar-refractivity contribution in [2.45, 2.75) is 13.0 Å². The maximum atomic E-state index is 13.7. The molecule has 0 radical (unpaired) electrons. The highest BCUT2D eigenvalue weighted by atomic mass is 79.9. The smallest absolute Gasteiger partial charge is 0.134 e. The van der Waals surface area contributed by atoms with Crippen molar-refractivity contribution in [2.24, 2.45) is 5.73 Å². The van der Waals surface area contributed by atoms with Crippen molar-refractivity contribution in [2.75, 3.05) is 0 Å². The van der Waals surface area contributed by atoms with Gasteiger partial charge in [-0.1, -0.05) is 22.0 Å². The van der Waals surface area contributed by atoms with E-state index in [0.717, 1.165) is 10.0 Å². The number of nitrogens with two attached hydrogens (primary N) is 1. The molecule has 0 fully saturated rings. The molecular weight excluding hydrogens is 319 g/mol. The first-order chi connectivity index (χ1) is 8.90. The minimum absolute atomic E-state index is 0.327. The highest BCUT2D eigenvalue weighted by Gasteiger charge is 2.21. The largest absolute Gasteiger partial charge is 0.320 e. The molecule has 2 aromatic carbocycles. The number of hydrogen-bond acceptors (Lipinski definition) is 1. The lowest BCUT2D eigenvalue weighted by atomic mass is 9.95. The highest BCUT2D eigenvalue weighted by molar-refractivity contribution is 9.10. The van der Waals surface area contributed by atoms with E-state index in [4.69, 9.17) is 5.73 Å². The molecular formula is C14H11BrF3N. The lowest BCUT2D eigenvalue weighted by Crippen LogP contribution is -2.17. The number of rotatable bonds is 2. The van der Waals surface area contributed by atoms with Gasteiger partial charge in [-0.15, -0.1) is 0 Å². The second-order valence-corrected chi connectivity index (χ2v) is 5.18. The van der Waals surface area contributed by atoms with Crippen LogP contribution in [0.25, 0.3) is 0 Å². The van der Waals surface area contributed by atoms with E-state index in [1.807, 2.05) is 0 Å². The molecule has 5 heteroatoms. The third kappa shape index (κ3) is 2.82. The van der Waals surface area contributed by atoms with Crippen molar-refractivity contribution in [1.82, 2.24) is 0 Å². The SMILES string of the molecule is Cc1cc(Br)ccc1C(N)c1c(F)cc(F)cc1F. The van der Waals surface area contributed by atoms with Crippen LogP contribution >= 0.6 is 15.9 Å². The Kier molecular flexibility index (Phi) is 3.96. The Labute approximate surface area is 117 Å². The standard InChI is InChI=1S/C14H11BrF3N/c1-7-4-8(15)2-3-10(7)14(19)13-11(17)5-9(16)6-12(13)18/h2-6,14H,19H2,1H3. The maximum absolute atomic E-state index is 13.7. The molecule has 0 amide bonds. The predicted octanol–water partition coefficient (Wildman–Crippen LogP) is 4.22. The summed E-state index contributed by atoms with van der Waals surface area (Å²) in [7, 11) is 0. The van der Waals surface area contributed by atoms with Gasteiger partial charge in [-0.3, -0.25) is 0 Å². The minimum Gasteiger partial charge on any atom is -0.320 e. The Balaban J connectivity index is 2.53. The fourth-order valence-electron chi connectivity index (χ4n) is 1.99. The van der Waals surface area contributed by atoms with Crippen molar-refractivity contribution in [3.8, 4) is 0 Å². The van der Waals surface area contributed by atoms with E-state index in [1.165, 1.54) is 0 Å². The maximum Gasteiger partial charge on any atom is 0.134 e. The molecule has 0 aliphatic carbocycles. The molecule has 0 spiro atoms. The first-order valence-corrected chi connectivity index (χ1v) is 6.35. The van der Waals surface area contributed by atoms with E-state index in [0.29, 0.717) is 17.7 Å². The number of halogens is 4. The molecule has 1 unspecified atom stereocenters. The van der Waals surface area contributed by atoms with Gasteiger partial charge in [0, 0.05) is 22.2 Å². The van der Waals surface area contributed by atoms with Crippen molar-refractivity contribution >= 4 is 15.9 Å². The van der Waals surface area contributed by atoms with Crippen molar-refractivity contribution in [1.29, 1.82) is 0 Å². The summed E-state index contributed by atoms with van der Waals surface area (Å²) in [6.45, 7) is 1.79. The van der Waals surface area contributed by atoms with E-state index < -0.39 is 23.5 Å². The van der Waals surface area contributed by atoms with Crippen LogP contribution in [0.2, 0.25) is 0 Å². The van der Waals surface area contributed by atoms with Gasteiger partial charge in [-0.05, 0) is 30.2 Å². The molecule has 0 heterocycles. The normalized spacial score (nSPS) is 12.5. The van der Waals surface area contributed by atoms with Gasteiger partial charge in [0.15, 0.2) is 0 Å². The molecule has 2 rings (SSSR count). The summed E-state index contributed by atoms with van der Waals surface area (Å²) in [5.41, 5.74) is 6.96. The second-order valence-electron chi connectivity index (χ2n) is 4.26.